The summed E-state index contributed by atoms with van der Waals surface area (Å²) >= 11 is 0. The number of hydrogen-bond acceptors (Lipinski definition) is 0. The molecule has 278 valence electrons. The van der Waals surface area contributed by atoms with E-state index in [9.17, 15) is 0 Å². The summed E-state index contributed by atoms with van der Waals surface area (Å²) in [6.45, 7) is 47.8. The van der Waals surface area contributed by atoms with E-state index >= 15 is 0 Å². The van der Waals surface area contributed by atoms with Gasteiger partial charge in [-0.25, -0.2) is 0 Å². The van der Waals surface area contributed by atoms with Gasteiger partial charge in [-0.15, -0.1) is 0 Å². The van der Waals surface area contributed by atoms with E-state index in [4.69, 9.17) is 0 Å². The predicted molar refractivity (Wildman–Crippen MR) is 232 cm³/mol. The Morgan fingerprint density at radius 1 is 0.392 bits per heavy atom. The average molecular weight is 703 g/mol. The quantitative estimate of drug-likeness (QED) is 0.183. The molecule has 0 nitrogen and oxygen atoms in total. The van der Waals surface area contributed by atoms with Crippen molar-refractivity contribution >= 4 is 23.6 Å². The lowest BCUT2D eigenvalue weighted by Crippen LogP contribution is -2.69. The molecule has 0 atom stereocenters. The summed E-state index contributed by atoms with van der Waals surface area (Å²) in [5.41, 5.74) is 10.1. The molecule has 0 fully saturated rings. The highest BCUT2D eigenvalue weighted by molar-refractivity contribution is 7.16. The van der Waals surface area contributed by atoms with Crippen molar-refractivity contribution in [3.63, 3.8) is 0 Å². The van der Waals surface area contributed by atoms with Gasteiger partial charge in [0.2, 0.25) is 0 Å². The van der Waals surface area contributed by atoms with Crippen LogP contribution in [0.3, 0.4) is 0 Å². The molecule has 0 heterocycles. The van der Waals surface area contributed by atoms with E-state index < -0.39 is 8.07 Å². The Labute approximate surface area is 316 Å². The van der Waals surface area contributed by atoms with Crippen LogP contribution in [0.5, 0.6) is 0 Å². The molecular formula is C50H74Si. The molecule has 51 heavy (non-hydrogen) atoms. The van der Waals surface area contributed by atoms with Gasteiger partial charge in [0.15, 0.2) is 8.07 Å². The largest absolute Gasteiger partial charge is 0.176 e. The van der Waals surface area contributed by atoms with Crippen LogP contribution in [0.4, 0.5) is 0 Å². The van der Waals surface area contributed by atoms with E-state index in [0.29, 0.717) is 5.92 Å². The number of hydrogen-bond donors (Lipinski definition) is 0. The van der Waals surface area contributed by atoms with Crippen molar-refractivity contribution < 1.29 is 0 Å². The second-order valence-corrected chi connectivity index (χ2v) is 26.3. The molecule has 0 aliphatic heterocycles. The van der Waals surface area contributed by atoms with Crippen molar-refractivity contribution in [2.24, 2.45) is 5.92 Å². The fourth-order valence-corrected chi connectivity index (χ4v) is 12.5. The highest BCUT2D eigenvalue weighted by Gasteiger charge is 2.46. The van der Waals surface area contributed by atoms with Crippen LogP contribution in [0.15, 0.2) is 77.5 Å². The molecule has 1 aliphatic carbocycles. The second-order valence-electron chi connectivity index (χ2n) is 22.4. The number of rotatable bonds is 5. The normalized spacial score (nSPS) is 15.4. The zero-order valence-corrected chi connectivity index (χ0v) is 37.6. The summed E-state index contributed by atoms with van der Waals surface area (Å²) in [5, 5.41) is 6.21. The fourth-order valence-electron chi connectivity index (χ4n) is 7.40. The van der Waals surface area contributed by atoms with Gasteiger partial charge in [0, 0.05) is 0 Å². The molecule has 0 unspecified atom stereocenters. The first kappa shape index (κ1) is 41.1. The summed E-state index contributed by atoms with van der Waals surface area (Å²) in [6, 6.07) is 23.4. The Bertz CT molecular complexity index is 1530. The highest BCUT2D eigenvalue weighted by Crippen LogP contribution is 2.38. The van der Waals surface area contributed by atoms with Crippen molar-refractivity contribution in [2.75, 3.05) is 0 Å². The molecule has 1 aliphatic rings. The summed E-state index contributed by atoms with van der Waals surface area (Å²) in [5.74, 6) is 0.484. The van der Waals surface area contributed by atoms with Gasteiger partial charge in [0.25, 0.3) is 0 Å². The monoisotopic (exact) mass is 703 g/mol. The maximum atomic E-state index is 2.65. The molecule has 0 saturated heterocycles. The summed E-state index contributed by atoms with van der Waals surface area (Å²) in [4.78, 5) is 0. The Morgan fingerprint density at radius 3 is 0.804 bits per heavy atom. The molecule has 0 aromatic heterocycles. The lowest BCUT2D eigenvalue weighted by Gasteiger charge is -2.40. The van der Waals surface area contributed by atoms with Gasteiger partial charge in [-0.2, -0.15) is 0 Å². The molecule has 4 rings (SSSR count). The Kier molecular flexibility index (Phi) is 10.8. The van der Waals surface area contributed by atoms with Crippen LogP contribution in [0, 0.1) is 5.92 Å². The van der Waals surface area contributed by atoms with Crippen LogP contribution in [0.25, 0.3) is 0 Å². The van der Waals surface area contributed by atoms with E-state index in [-0.39, 0.29) is 32.5 Å². The average Bonchev–Trinajstić information content (AvgIpc) is 3.45. The zero-order chi connectivity index (χ0) is 38.9. The molecule has 0 spiro atoms. The summed E-state index contributed by atoms with van der Waals surface area (Å²) in [6.07, 6.45) is 6.20. The van der Waals surface area contributed by atoms with Crippen molar-refractivity contribution in [3.05, 3.63) is 111 Å². The van der Waals surface area contributed by atoms with Crippen LogP contribution >= 0.6 is 0 Å². The van der Waals surface area contributed by atoms with Gasteiger partial charge in [-0.05, 0) is 99.3 Å². The smallest absolute Gasteiger partial charge is 0.0773 e. The SMILES string of the molecule is CC(C)C1=CCC([Si](c2cc(C(C)(C)C)cc(C(C)(C)C)c2)(c2cc(C(C)(C)C)cc(C(C)(C)C)c2)c2cc(C(C)(C)C)cc(C(C)(C)C)c2)=C1. The van der Waals surface area contributed by atoms with Crippen LogP contribution in [-0.2, 0) is 32.5 Å². The van der Waals surface area contributed by atoms with Gasteiger partial charge in [-0.3, -0.25) is 0 Å². The van der Waals surface area contributed by atoms with E-state index in [2.05, 4.69) is 205 Å². The molecule has 0 bridgehead atoms. The van der Waals surface area contributed by atoms with Crippen LogP contribution in [-0.4, -0.2) is 8.07 Å². The van der Waals surface area contributed by atoms with Gasteiger partial charge in [0.05, 0.1) is 0 Å². The van der Waals surface area contributed by atoms with Crippen molar-refractivity contribution in [2.45, 2.75) is 177 Å². The molecule has 0 amide bonds. The third-order valence-electron chi connectivity index (χ3n) is 11.3. The minimum atomic E-state index is -2.93. The summed E-state index contributed by atoms with van der Waals surface area (Å²) < 4.78 is 0. The summed E-state index contributed by atoms with van der Waals surface area (Å²) in [7, 11) is -2.93. The first-order valence-corrected chi connectivity index (χ1v) is 21.8. The number of allylic oxidation sites excluding steroid dienone is 4. The topological polar surface area (TPSA) is 0 Å². The fraction of sp³-hybridized carbons (Fsp3) is 0.560. The third-order valence-corrected chi connectivity index (χ3v) is 16.1. The van der Waals surface area contributed by atoms with E-state index in [0.717, 1.165) is 6.42 Å². The van der Waals surface area contributed by atoms with Crippen LogP contribution in [0.2, 0.25) is 0 Å². The van der Waals surface area contributed by atoms with Gasteiger partial charge < -0.3 is 0 Å². The van der Waals surface area contributed by atoms with Gasteiger partial charge in [-0.1, -0.05) is 210 Å². The highest BCUT2D eigenvalue weighted by atomic mass is 28.3. The Balaban J connectivity index is 2.45. The number of benzene rings is 3. The van der Waals surface area contributed by atoms with Crippen LogP contribution < -0.4 is 15.6 Å². The molecular weight excluding hydrogens is 629 g/mol. The van der Waals surface area contributed by atoms with Gasteiger partial charge in [0.1, 0.15) is 0 Å². The minimum Gasteiger partial charge on any atom is -0.0773 e. The third kappa shape index (κ3) is 8.61. The Morgan fingerprint density at radius 2 is 0.627 bits per heavy atom. The molecule has 0 radical (unpaired) electrons. The van der Waals surface area contributed by atoms with E-state index in [1.165, 1.54) is 54.5 Å². The zero-order valence-electron chi connectivity index (χ0n) is 36.6. The molecule has 0 saturated carbocycles. The maximum Gasteiger partial charge on any atom is 0.176 e. The molecule has 3 aromatic carbocycles. The molecule has 3 aromatic rings. The van der Waals surface area contributed by atoms with Gasteiger partial charge >= 0.3 is 0 Å². The van der Waals surface area contributed by atoms with Crippen LogP contribution in [0.1, 0.15) is 178 Å². The van der Waals surface area contributed by atoms with E-state index in [1.54, 1.807) is 5.20 Å². The van der Waals surface area contributed by atoms with Crippen molar-refractivity contribution in [1.82, 2.24) is 0 Å². The predicted octanol–water partition coefficient (Wildman–Crippen LogP) is 12.4. The first-order valence-electron chi connectivity index (χ1n) is 19.8. The molecule has 1 heteroatoms. The Hall–Kier alpha value is -2.64. The standard InChI is InChI=1S/C50H74Si/c1-33(2)34-21-22-41(23-34)51(42-27-35(45(3,4)5)24-36(28-42)46(6,7)8,43-29-37(47(9,10)11)25-38(30-43)48(12,13)14)44-31-39(49(15,16)17)26-40(32-44)50(18,19)20/h21,23-33H,22H2,1-20H3. The lowest BCUT2D eigenvalue weighted by molar-refractivity contribution is 0.569. The van der Waals surface area contributed by atoms with Crippen molar-refractivity contribution in [1.29, 1.82) is 0 Å². The maximum absolute atomic E-state index is 2.93. The van der Waals surface area contributed by atoms with Crippen molar-refractivity contribution in [3.8, 4) is 0 Å². The minimum absolute atomic E-state index is 0.00913. The first-order chi connectivity index (χ1) is 22.9. The van der Waals surface area contributed by atoms with E-state index in [1.807, 2.05) is 0 Å². The molecule has 0 N–H and O–H groups in total. The second kappa shape index (κ2) is 13.3. The lowest BCUT2D eigenvalue weighted by atomic mass is 9.80.